The van der Waals surface area contributed by atoms with Crippen LogP contribution in [-0.4, -0.2) is 39.0 Å². The first kappa shape index (κ1) is 16.3. The van der Waals surface area contributed by atoms with E-state index in [1.165, 1.54) is 0 Å². The van der Waals surface area contributed by atoms with E-state index in [9.17, 15) is 8.42 Å². The predicted molar refractivity (Wildman–Crippen MR) is 85.4 cm³/mol. The van der Waals surface area contributed by atoms with Gasteiger partial charge < -0.3 is 10.0 Å². The van der Waals surface area contributed by atoms with Crippen molar-refractivity contribution in [3.8, 4) is 0 Å². The van der Waals surface area contributed by atoms with Crippen LogP contribution in [0.1, 0.15) is 32.6 Å². The minimum atomic E-state index is -3.21. The molecule has 0 bridgehead atoms. The van der Waals surface area contributed by atoms with Crippen LogP contribution < -0.4 is 4.90 Å². The van der Waals surface area contributed by atoms with Crippen LogP contribution in [0.2, 0.25) is 0 Å². The average molecular weight is 311 g/mol. The summed E-state index contributed by atoms with van der Waals surface area (Å²) in [5, 5.41) is 9.11. The Labute approximate surface area is 127 Å². The second kappa shape index (κ2) is 7.27. The first-order chi connectivity index (χ1) is 10.1. The SMILES string of the molecule is CCCS(=O)(=O)c1ccccc1N1CCCC(CCO)C1. The van der Waals surface area contributed by atoms with Crippen molar-refractivity contribution in [3.63, 3.8) is 0 Å². The maximum absolute atomic E-state index is 12.4. The fraction of sp³-hybridized carbons (Fsp3) is 0.625. The van der Waals surface area contributed by atoms with Crippen LogP contribution in [0.15, 0.2) is 29.2 Å². The summed E-state index contributed by atoms with van der Waals surface area (Å²) in [6.45, 7) is 3.81. The largest absolute Gasteiger partial charge is 0.396 e. The van der Waals surface area contributed by atoms with Crippen molar-refractivity contribution >= 4 is 15.5 Å². The van der Waals surface area contributed by atoms with Crippen LogP contribution in [0.5, 0.6) is 0 Å². The molecule has 0 amide bonds. The normalized spacial score (nSPS) is 19.7. The number of hydrogen-bond acceptors (Lipinski definition) is 4. The lowest BCUT2D eigenvalue weighted by molar-refractivity contribution is 0.244. The van der Waals surface area contributed by atoms with E-state index in [1.54, 1.807) is 12.1 Å². The summed E-state index contributed by atoms with van der Waals surface area (Å²) in [6.07, 6.45) is 3.58. The summed E-state index contributed by atoms with van der Waals surface area (Å²) < 4.78 is 24.9. The van der Waals surface area contributed by atoms with Gasteiger partial charge >= 0.3 is 0 Å². The third-order valence-electron chi connectivity index (χ3n) is 4.07. The number of sulfone groups is 1. The molecule has 118 valence electrons. The van der Waals surface area contributed by atoms with Gasteiger partial charge in [-0.05, 0) is 43.7 Å². The van der Waals surface area contributed by atoms with Crippen molar-refractivity contribution in [1.29, 1.82) is 0 Å². The summed E-state index contributed by atoms with van der Waals surface area (Å²) in [4.78, 5) is 2.63. The molecule has 1 unspecified atom stereocenters. The van der Waals surface area contributed by atoms with Crippen molar-refractivity contribution in [1.82, 2.24) is 0 Å². The summed E-state index contributed by atoms with van der Waals surface area (Å²) >= 11 is 0. The molecule has 0 spiro atoms. The van der Waals surface area contributed by atoms with Crippen molar-refractivity contribution in [2.24, 2.45) is 5.92 Å². The van der Waals surface area contributed by atoms with Crippen LogP contribution in [0, 0.1) is 5.92 Å². The molecule has 1 aromatic carbocycles. The van der Waals surface area contributed by atoms with Gasteiger partial charge in [0.05, 0.1) is 16.3 Å². The van der Waals surface area contributed by atoms with E-state index >= 15 is 0 Å². The minimum Gasteiger partial charge on any atom is -0.396 e. The third-order valence-corrected chi connectivity index (χ3v) is 6.03. The van der Waals surface area contributed by atoms with Crippen LogP contribution in [0.3, 0.4) is 0 Å². The third kappa shape index (κ3) is 3.98. The van der Waals surface area contributed by atoms with Gasteiger partial charge in [0.25, 0.3) is 0 Å². The number of benzene rings is 1. The number of para-hydroxylation sites is 1. The van der Waals surface area contributed by atoms with E-state index < -0.39 is 9.84 Å². The number of anilines is 1. The average Bonchev–Trinajstić information content (AvgIpc) is 2.48. The van der Waals surface area contributed by atoms with E-state index in [1.807, 2.05) is 19.1 Å². The molecule has 5 heteroatoms. The van der Waals surface area contributed by atoms with Crippen LogP contribution >= 0.6 is 0 Å². The number of piperidine rings is 1. The quantitative estimate of drug-likeness (QED) is 0.877. The van der Waals surface area contributed by atoms with Gasteiger partial charge in [-0.1, -0.05) is 19.1 Å². The summed E-state index contributed by atoms with van der Waals surface area (Å²) in [7, 11) is -3.21. The Kier molecular flexibility index (Phi) is 5.65. The zero-order valence-corrected chi connectivity index (χ0v) is 13.5. The molecule has 0 radical (unpaired) electrons. The molecule has 1 heterocycles. The van der Waals surface area contributed by atoms with Crippen molar-refractivity contribution < 1.29 is 13.5 Å². The molecule has 4 nitrogen and oxygen atoms in total. The Hall–Kier alpha value is -1.07. The van der Waals surface area contributed by atoms with Crippen LogP contribution in [0.25, 0.3) is 0 Å². The Balaban J connectivity index is 2.27. The van der Waals surface area contributed by atoms with E-state index in [2.05, 4.69) is 4.90 Å². The van der Waals surface area contributed by atoms with E-state index in [0.717, 1.165) is 38.0 Å². The first-order valence-corrected chi connectivity index (χ1v) is 9.41. The molecule has 0 aliphatic carbocycles. The monoisotopic (exact) mass is 311 g/mol. The zero-order valence-electron chi connectivity index (χ0n) is 12.7. The highest BCUT2D eigenvalue weighted by Crippen LogP contribution is 2.30. The highest BCUT2D eigenvalue weighted by molar-refractivity contribution is 7.91. The molecule has 1 aliphatic rings. The lowest BCUT2D eigenvalue weighted by Gasteiger charge is -2.35. The van der Waals surface area contributed by atoms with Gasteiger partial charge in [-0.25, -0.2) is 8.42 Å². The second-order valence-electron chi connectivity index (χ2n) is 5.75. The number of hydrogen-bond donors (Lipinski definition) is 1. The molecule has 21 heavy (non-hydrogen) atoms. The lowest BCUT2D eigenvalue weighted by Crippen LogP contribution is -2.36. The van der Waals surface area contributed by atoms with Gasteiger partial charge in [-0.15, -0.1) is 0 Å². The number of aliphatic hydroxyl groups is 1. The maximum atomic E-state index is 12.4. The fourth-order valence-corrected chi connectivity index (χ4v) is 4.62. The molecule has 1 atom stereocenters. The Morgan fingerprint density at radius 1 is 1.33 bits per heavy atom. The maximum Gasteiger partial charge on any atom is 0.180 e. The minimum absolute atomic E-state index is 0.192. The van der Waals surface area contributed by atoms with Gasteiger partial charge in [0.15, 0.2) is 9.84 Å². The highest BCUT2D eigenvalue weighted by Gasteiger charge is 2.25. The van der Waals surface area contributed by atoms with E-state index in [-0.39, 0.29) is 12.4 Å². The standard InChI is InChI=1S/C16H25NO3S/c1-2-12-21(19,20)16-8-4-3-7-15(16)17-10-5-6-14(13-17)9-11-18/h3-4,7-8,14,18H,2,5-6,9-13H2,1H3. The topological polar surface area (TPSA) is 57.6 Å². The first-order valence-electron chi connectivity index (χ1n) is 7.76. The number of nitrogens with zero attached hydrogens (tertiary/aromatic N) is 1. The Morgan fingerprint density at radius 3 is 2.81 bits per heavy atom. The molecule has 0 saturated carbocycles. The fourth-order valence-electron chi connectivity index (χ4n) is 3.06. The van der Waals surface area contributed by atoms with Crippen molar-refractivity contribution in [2.45, 2.75) is 37.5 Å². The second-order valence-corrected chi connectivity index (χ2v) is 7.83. The summed E-state index contributed by atoms with van der Waals surface area (Å²) in [5.41, 5.74) is 0.827. The van der Waals surface area contributed by atoms with E-state index in [0.29, 0.717) is 17.2 Å². The molecule has 0 aromatic heterocycles. The predicted octanol–water partition coefficient (Wildman–Crippen LogP) is 2.47. The van der Waals surface area contributed by atoms with E-state index in [4.69, 9.17) is 5.11 Å². The molecule has 1 fully saturated rings. The lowest BCUT2D eigenvalue weighted by atomic mass is 9.95. The van der Waals surface area contributed by atoms with Gasteiger partial charge in [-0.2, -0.15) is 0 Å². The Bertz CT molecular complexity index is 554. The van der Waals surface area contributed by atoms with Gasteiger partial charge in [0.2, 0.25) is 0 Å². The van der Waals surface area contributed by atoms with Crippen LogP contribution in [0.4, 0.5) is 5.69 Å². The van der Waals surface area contributed by atoms with Gasteiger partial charge in [0.1, 0.15) is 0 Å². The van der Waals surface area contributed by atoms with Gasteiger partial charge in [-0.3, -0.25) is 0 Å². The summed E-state index contributed by atoms with van der Waals surface area (Å²) in [6, 6.07) is 7.32. The zero-order chi connectivity index (χ0) is 15.3. The van der Waals surface area contributed by atoms with Gasteiger partial charge in [0, 0.05) is 19.7 Å². The summed E-state index contributed by atoms with van der Waals surface area (Å²) in [5.74, 6) is 0.642. The van der Waals surface area contributed by atoms with Crippen LogP contribution in [-0.2, 0) is 9.84 Å². The van der Waals surface area contributed by atoms with Crippen molar-refractivity contribution in [2.75, 3.05) is 30.3 Å². The Morgan fingerprint density at radius 2 is 2.10 bits per heavy atom. The molecular weight excluding hydrogens is 286 g/mol. The molecule has 1 aromatic rings. The number of rotatable bonds is 6. The molecule has 1 aliphatic heterocycles. The number of aliphatic hydroxyl groups excluding tert-OH is 1. The van der Waals surface area contributed by atoms with Crippen molar-refractivity contribution in [3.05, 3.63) is 24.3 Å². The molecular formula is C16H25NO3S. The highest BCUT2D eigenvalue weighted by atomic mass is 32.2. The molecule has 2 rings (SSSR count). The molecule has 1 saturated heterocycles. The smallest absolute Gasteiger partial charge is 0.180 e. The molecule has 1 N–H and O–H groups in total.